The van der Waals surface area contributed by atoms with Gasteiger partial charge in [-0.1, -0.05) is 12.8 Å². The van der Waals surface area contributed by atoms with Crippen LogP contribution in [-0.4, -0.2) is 57.9 Å². The van der Waals surface area contributed by atoms with E-state index in [2.05, 4.69) is 5.32 Å². The normalized spacial score (nSPS) is 35.2. The van der Waals surface area contributed by atoms with Crippen molar-refractivity contribution < 1.29 is 19.8 Å². The molecule has 0 aromatic rings. The largest absolute Gasteiger partial charge is 0.480 e. The predicted octanol–water partition coefficient (Wildman–Crippen LogP) is -0.514. The molecule has 1 aliphatic heterocycles. The fourth-order valence-corrected chi connectivity index (χ4v) is 2.85. The van der Waals surface area contributed by atoms with Crippen LogP contribution in [0, 0.1) is 0 Å². The summed E-state index contributed by atoms with van der Waals surface area (Å²) in [5, 5.41) is 21.4. The van der Waals surface area contributed by atoms with Gasteiger partial charge < -0.3 is 26.2 Å². The molecule has 0 bridgehead atoms. The number of carbonyl (C=O) groups is 2. The number of β-amino-alcohol motifs (C(OH)–C–C–N with tert-alkyl or cyclic N) is 1. The molecule has 1 heterocycles. The van der Waals surface area contributed by atoms with Gasteiger partial charge in [0.05, 0.1) is 6.10 Å². The van der Waals surface area contributed by atoms with Gasteiger partial charge >= 0.3 is 12.0 Å². The number of aliphatic carboxylic acids is 1. The Kier molecular flexibility index (Phi) is 4.26. The van der Waals surface area contributed by atoms with E-state index in [0.717, 1.165) is 25.7 Å². The van der Waals surface area contributed by atoms with E-state index < -0.39 is 24.1 Å². The van der Waals surface area contributed by atoms with E-state index >= 15 is 0 Å². The molecule has 3 unspecified atom stereocenters. The van der Waals surface area contributed by atoms with Crippen molar-refractivity contribution in [1.82, 2.24) is 10.2 Å². The van der Waals surface area contributed by atoms with E-state index in [1.165, 1.54) is 4.90 Å². The third-order valence-corrected chi connectivity index (χ3v) is 3.95. The Morgan fingerprint density at radius 2 is 1.95 bits per heavy atom. The van der Waals surface area contributed by atoms with Crippen molar-refractivity contribution in [1.29, 1.82) is 0 Å². The summed E-state index contributed by atoms with van der Waals surface area (Å²) < 4.78 is 0. The van der Waals surface area contributed by atoms with Crippen molar-refractivity contribution in [3.05, 3.63) is 0 Å². The predicted molar refractivity (Wildman–Crippen MR) is 67.5 cm³/mol. The van der Waals surface area contributed by atoms with Crippen molar-refractivity contribution >= 4 is 12.0 Å². The highest BCUT2D eigenvalue weighted by Gasteiger charge is 2.39. The van der Waals surface area contributed by atoms with E-state index in [9.17, 15) is 14.7 Å². The number of nitrogens with one attached hydrogen (secondary N) is 1. The first-order chi connectivity index (χ1) is 8.99. The van der Waals surface area contributed by atoms with Crippen molar-refractivity contribution in [3.8, 4) is 0 Å². The molecule has 7 nitrogen and oxygen atoms in total. The van der Waals surface area contributed by atoms with Crippen LogP contribution in [0.3, 0.4) is 0 Å². The molecule has 2 aliphatic rings. The van der Waals surface area contributed by atoms with Crippen LogP contribution in [0.4, 0.5) is 4.79 Å². The molecule has 2 amide bonds. The summed E-state index contributed by atoms with van der Waals surface area (Å²) in [6.45, 7) is 0.0603. The minimum Gasteiger partial charge on any atom is -0.480 e. The zero-order valence-corrected chi connectivity index (χ0v) is 10.8. The average Bonchev–Trinajstić information content (AvgIpc) is 2.74. The minimum absolute atomic E-state index is 0.0603. The number of hydrogen-bond acceptors (Lipinski definition) is 4. The van der Waals surface area contributed by atoms with Crippen molar-refractivity contribution in [3.63, 3.8) is 0 Å². The van der Waals surface area contributed by atoms with Crippen LogP contribution in [0.1, 0.15) is 32.1 Å². The maximum atomic E-state index is 12.1. The fraction of sp³-hybridized carbons (Fsp3) is 0.833. The Morgan fingerprint density at radius 3 is 2.58 bits per heavy atom. The second-order valence-electron chi connectivity index (χ2n) is 5.40. The smallest absolute Gasteiger partial charge is 0.326 e. The number of carbonyl (C=O) groups excluding carboxylic acids is 1. The number of likely N-dealkylation sites (tertiary alicyclic amines) is 1. The van der Waals surface area contributed by atoms with Crippen molar-refractivity contribution in [2.24, 2.45) is 5.73 Å². The molecule has 0 radical (unpaired) electrons. The maximum Gasteiger partial charge on any atom is 0.326 e. The van der Waals surface area contributed by atoms with Crippen molar-refractivity contribution in [2.45, 2.75) is 56.3 Å². The molecular weight excluding hydrogens is 250 g/mol. The summed E-state index contributed by atoms with van der Waals surface area (Å²) >= 11 is 0. The maximum absolute atomic E-state index is 12.1. The topological polar surface area (TPSA) is 116 Å². The molecule has 19 heavy (non-hydrogen) atoms. The van der Waals surface area contributed by atoms with Crippen LogP contribution >= 0.6 is 0 Å². The summed E-state index contributed by atoms with van der Waals surface area (Å²) in [6.07, 6.45) is 3.08. The zero-order chi connectivity index (χ0) is 14.0. The van der Waals surface area contributed by atoms with Crippen LogP contribution in [0.25, 0.3) is 0 Å². The molecule has 108 valence electrons. The molecule has 4 atom stereocenters. The van der Waals surface area contributed by atoms with Gasteiger partial charge in [0, 0.05) is 25.0 Å². The van der Waals surface area contributed by atoms with Crippen LogP contribution in [0.5, 0.6) is 0 Å². The standard InChI is InChI=1S/C12H21N3O4/c13-8-3-1-2-4-9(8)14-12(19)15-6-7(16)5-10(15)11(17)18/h7-10,16H,1-6,13H2,(H,14,19)(H,17,18)/t7?,8?,9?,10-/m0/s1. The molecule has 1 saturated heterocycles. The number of carboxylic acids is 1. The highest BCUT2D eigenvalue weighted by molar-refractivity contribution is 5.83. The molecule has 0 spiro atoms. The highest BCUT2D eigenvalue weighted by atomic mass is 16.4. The van der Waals surface area contributed by atoms with Gasteiger partial charge in [0.2, 0.25) is 0 Å². The summed E-state index contributed by atoms with van der Waals surface area (Å²) in [5.74, 6) is -1.08. The Bertz CT molecular complexity index is 363. The van der Waals surface area contributed by atoms with E-state index in [4.69, 9.17) is 10.8 Å². The lowest BCUT2D eigenvalue weighted by molar-refractivity contribution is -0.141. The minimum atomic E-state index is -1.08. The van der Waals surface area contributed by atoms with Gasteiger partial charge in [-0.25, -0.2) is 9.59 Å². The Hall–Kier alpha value is -1.34. The van der Waals surface area contributed by atoms with Gasteiger partial charge in [0.25, 0.3) is 0 Å². The third-order valence-electron chi connectivity index (χ3n) is 3.95. The van der Waals surface area contributed by atoms with Crippen LogP contribution in [-0.2, 0) is 4.79 Å². The molecule has 2 fully saturated rings. The van der Waals surface area contributed by atoms with Crippen LogP contribution in [0.2, 0.25) is 0 Å². The Morgan fingerprint density at radius 1 is 1.26 bits per heavy atom. The van der Waals surface area contributed by atoms with E-state index in [1.807, 2.05) is 0 Å². The lowest BCUT2D eigenvalue weighted by atomic mass is 9.91. The number of carboxylic acid groups (broad SMARTS) is 1. The zero-order valence-electron chi connectivity index (χ0n) is 10.8. The third kappa shape index (κ3) is 3.16. The van der Waals surface area contributed by atoms with Gasteiger partial charge in [-0.2, -0.15) is 0 Å². The summed E-state index contributed by atoms with van der Waals surface area (Å²) in [7, 11) is 0. The number of aliphatic hydroxyl groups excluding tert-OH is 1. The van der Waals surface area contributed by atoms with Gasteiger partial charge in [-0.3, -0.25) is 0 Å². The van der Waals surface area contributed by atoms with Gasteiger partial charge in [-0.05, 0) is 12.8 Å². The molecular formula is C12H21N3O4. The summed E-state index contributed by atoms with van der Waals surface area (Å²) in [6, 6.07) is -1.57. The second-order valence-corrected chi connectivity index (χ2v) is 5.40. The number of amides is 2. The molecule has 0 aromatic carbocycles. The number of hydrogen-bond donors (Lipinski definition) is 4. The summed E-state index contributed by atoms with van der Waals surface area (Å²) in [5.41, 5.74) is 5.95. The number of aliphatic hydroxyl groups is 1. The Labute approximate surface area is 111 Å². The van der Waals surface area contributed by atoms with Gasteiger partial charge in [0.1, 0.15) is 6.04 Å². The number of nitrogens with two attached hydrogens (primary N) is 1. The van der Waals surface area contributed by atoms with Gasteiger partial charge in [-0.15, -0.1) is 0 Å². The Balaban J connectivity index is 1.96. The molecule has 1 saturated carbocycles. The van der Waals surface area contributed by atoms with Crippen molar-refractivity contribution in [2.75, 3.05) is 6.54 Å². The highest BCUT2D eigenvalue weighted by Crippen LogP contribution is 2.20. The first-order valence-corrected chi connectivity index (χ1v) is 6.72. The van der Waals surface area contributed by atoms with Gasteiger partial charge in [0.15, 0.2) is 0 Å². The molecule has 2 rings (SSSR count). The van der Waals surface area contributed by atoms with Crippen LogP contribution < -0.4 is 11.1 Å². The molecule has 5 N–H and O–H groups in total. The summed E-state index contributed by atoms with van der Waals surface area (Å²) in [4.78, 5) is 24.4. The fourth-order valence-electron chi connectivity index (χ4n) is 2.85. The number of nitrogens with zero attached hydrogens (tertiary/aromatic N) is 1. The van der Waals surface area contributed by atoms with E-state index in [0.29, 0.717) is 0 Å². The lowest BCUT2D eigenvalue weighted by Gasteiger charge is -2.31. The lowest BCUT2D eigenvalue weighted by Crippen LogP contribution is -2.55. The van der Waals surface area contributed by atoms with E-state index in [-0.39, 0.29) is 25.0 Å². The number of rotatable bonds is 2. The quantitative estimate of drug-likeness (QED) is 0.539. The van der Waals surface area contributed by atoms with Crippen LogP contribution in [0.15, 0.2) is 0 Å². The SMILES string of the molecule is NC1CCCCC1NC(=O)N1CC(O)C[C@H]1C(=O)O. The average molecular weight is 271 g/mol. The first kappa shape index (κ1) is 14.1. The van der Waals surface area contributed by atoms with E-state index in [1.54, 1.807) is 0 Å². The second kappa shape index (κ2) is 5.75. The molecule has 1 aliphatic carbocycles. The molecule has 0 aromatic heterocycles. The molecule has 7 heteroatoms. The monoisotopic (exact) mass is 271 g/mol. The first-order valence-electron chi connectivity index (χ1n) is 6.72. The number of urea groups is 1.